The number of aryl methyl sites for hydroxylation is 5. The zero-order valence-electron chi connectivity index (χ0n) is 85.7. The second kappa shape index (κ2) is 54.6. The van der Waals surface area contributed by atoms with E-state index in [1.54, 1.807) is 12.4 Å². The van der Waals surface area contributed by atoms with Crippen LogP contribution in [0.2, 0.25) is 0 Å². The summed E-state index contributed by atoms with van der Waals surface area (Å²) in [7, 11) is 0. The second-order valence-electron chi connectivity index (χ2n) is 37.6. The van der Waals surface area contributed by atoms with Crippen LogP contribution < -0.4 is 23.7 Å². The maximum atomic E-state index is 6.06. The summed E-state index contributed by atoms with van der Waals surface area (Å²) in [6, 6.07) is 66.8. The van der Waals surface area contributed by atoms with Crippen LogP contribution in [0.3, 0.4) is 0 Å². The highest BCUT2D eigenvalue weighted by atomic mass is 16.7. The Morgan fingerprint density at radius 1 is 0.276 bits per heavy atom. The van der Waals surface area contributed by atoms with Crippen LogP contribution in [0.4, 0.5) is 0 Å². The molecule has 10 atom stereocenters. The molecule has 15 aromatic rings. The van der Waals surface area contributed by atoms with Crippen molar-refractivity contribution >= 4 is 54.5 Å². The van der Waals surface area contributed by atoms with Gasteiger partial charge in [-0.15, -0.1) is 0 Å². The van der Waals surface area contributed by atoms with E-state index in [0.717, 1.165) is 292 Å². The van der Waals surface area contributed by atoms with Crippen LogP contribution in [0.5, 0.6) is 28.7 Å². The highest BCUT2D eigenvalue weighted by Gasteiger charge is 2.27. The molecule has 0 N–H and O–H groups in total. The number of fused-ring (bicyclic) bond motifs is 5. The monoisotopic (exact) mass is 1960 g/mol. The number of ether oxygens (including phenoxy) is 15. The fourth-order valence-corrected chi connectivity index (χ4v) is 17.6. The van der Waals surface area contributed by atoms with Crippen molar-refractivity contribution in [1.29, 1.82) is 0 Å². The molecule has 0 radical (unpaired) electrons. The van der Waals surface area contributed by atoms with Gasteiger partial charge in [0.2, 0.25) is 0 Å². The largest absolute Gasteiger partial charge is 0.491 e. The Kier molecular flexibility index (Phi) is 39.7. The number of nitrogens with zero attached hydrogens (tertiary/aromatic N) is 10. The van der Waals surface area contributed by atoms with Gasteiger partial charge < -0.3 is 71.1 Å². The Morgan fingerprint density at radius 3 is 0.966 bits per heavy atom. The Balaban J connectivity index is 0.000000130. The molecule has 5 fully saturated rings. The van der Waals surface area contributed by atoms with Gasteiger partial charge in [0.25, 0.3) is 0 Å². The van der Waals surface area contributed by atoms with Crippen molar-refractivity contribution in [2.45, 2.75) is 260 Å². The third-order valence-corrected chi connectivity index (χ3v) is 26.3. The van der Waals surface area contributed by atoms with Gasteiger partial charge in [-0.2, -0.15) is 0 Å². The molecular formula is C120H140N10O15. The van der Waals surface area contributed by atoms with Gasteiger partial charge in [0.1, 0.15) is 61.8 Å². The zero-order chi connectivity index (χ0) is 100. The fourth-order valence-electron chi connectivity index (χ4n) is 17.6. The SMILES string of the molecule is CC[C@H](COc1ccc2nc(-c3ccc(C)nc3)ccc2c1)OC1CCCCO1.CC[C@H](COc1ccc2nc(-c3cccnc3C)ccc2c1)OC1CCCCO1.CC[C@H](COc1ccc2nc(-c3ccnc(C)c3)ccc2c1)OC1CCCCO1.CC[C@H](COc1ccc2nc(-c3cncc(C)c3)ccc2c1)OC1CCCCO1.CC[C@H](COc1ccc2nc(-c3cnccc3C)ccc2c1)OC1CCCCO1. The molecule has 25 nitrogen and oxygen atoms in total. The lowest BCUT2D eigenvalue weighted by molar-refractivity contribution is -0.193. The third kappa shape index (κ3) is 31.5. The standard InChI is InChI=1S/5C24H28N2O3/c1-3-19(29-24-8-4-5-14-27-24)16-28-20-10-12-22-18(15-20)9-11-23(26-22)21-7-6-13-25-17(21)2;1-3-20(29-24-6-4-5-13-27-24)16-28-21-8-10-23-18(15-21)7-9-22(26-23)19-11-12-25-17(2)14-19;1-3-19(29-24-6-4-5-13-27-24)16-28-20-8-10-22-18(14-20)7-9-23(26-22)21-15-25-12-11-17(21)2;1-3-20(29-24-6-4-5-11-27-24)16-28-21-8-10-22-18(13-21)7-9-23(26-22)19-12-17(2)14-25-15-19;1-3-20(29-24-6-4-5-13-27-24)16-28-21-10-12-22-18(14-21)9-11-23(26-22)19-8-7-17(2)25-15-19/h6-7,9-13,15,19,24H,3-5,8,14,16H2,1-2H3;7-12,14-15,20,24H,3-6,13,16H2,1-2H3;7-12,14-15,19,24H,3-6,13,16H2,1-2H3;7-10,12-15,20,24H,3-6,11,16H2,1-2H3;7-12,14-15,20,24H,3-6,13,16H2,1-2H3/t19-,24?;20-,24?;19-,24?;2*20-,24?/m11111/s1. The zero-order valence-corrected chi connectivity index (χ0v) is 85.7. The molecule has 145 heavy (non-hydrogen) atoms. The van der Waals surface area contributed by atoms with Gasteiger partial charge in [0.05, 0.1) is 86.6 Å². The van der Waals surface area contributed by atoms with E-state index in [-0.39, 0.29) is 62.0 Å². The minimum absolute atomic E-state index is 0.0304. The van der Waals surface area contributed by atoms with Crippen molar-refractivity contribution < 1.29 is 71.1 Å². The van der Waals surface area contributed by atoms with E-state index < -0.39 is 0 Å². The van der Waals surface area contributed by atoms with Crippen LogP contribution in [-0.2, 0) is 47.4 Å². The van der Waals surface area contributed by atoms with E-state index in [1.165, 1.54) is 37.7 Å². The van der Waals surface area contributed by atoms with Crippen LogP contribution in [-0.4, -0.2) is 178 Å². The minimum Gasteiger partial charge on any atom is -0.491 e. The van der Waals surface area contributed by atoms with E-state index in [9.17, 15) is 0 Å². The van der Waals surface area contributed by atoms with Crippen molar-refractivity contribution in [3.8, 4) is 85.0 Å². The molecule has 5 aromatic carbocycles. The Morgan fingerprint density at radius 2 is 0.634 bits per heavy atom. The average molecular weight is 1960 g/mol. The van der Waals surface area contributed by atoms with Crippen molar-refractivity contribution in [1.82, 2.24) is 49.8 Å². The molecule has 0 spiro atoms. The molecule has 0 aliphatic carbocycles. The lowest BCUT2D eigenvalue weighted by atomic mass is 10.1. The molecule has 15 heterocycles. The summed E-state index contributed by atoms with van der Waals surface area (Å²) >= 11 is 0. The molecule has 10 aromatic heterocycles. The van der Waals surface area contributed by atoms with Gasteiger partial charge in [-0.1, -0.05) is 65.0 Å². The first kappa shape index (κ1) is 105. The summed E-state index contributed by atoms with van der Waals surface area (Å²) in [6.45, 7) is 27.2. The number of aromatic nitrogens is 10. The van der Waals surface area contributed by atoms with Crippen LogP contribution in [0, 0.1) is 34.6 Å². The summed E-state index contributed by atoms with van der Waals surface area (Å²) in [5.41, 5.74) is 19.9. The fraction of sp³-hybridized carbons (Fsp3) is 0.417. The number of rotatable bonds is 35. The summed E-state index contributed by atoms with van der Waals surface area (Å²) in [5, 5.41) is 5.27. The van der Waals surface area contributed by atoms with Gasteiger partial charge in [0.15, 0.2) is 31.5 Å². The molecule has 0 bridgehead atoms. The topological polar surface area (TPSA) is 267 Å². The van der Waals surface area contributed by atoms with Gasteiger partial charge in [0, 0.05) is 148 Å². The molecule has 25 heteroatoms. The Hall–Kier alpha value is -12.5. The Labute approximate surface area is 852 Å². The smallest absolute Gasteiger partial charge is 0.158 e. The number of benzene rings is 5. The predicted octanol–water partition coefficient (Wildman–Crippen LogP) is 26.5. The van der Waals surface area contributed by atoms with Crippen LogP contribution in [0.25, 0.3) is 111 Å². The number of pyridine rings is 10. The highest BCUT2D eigenvalue weighted by molar-refractivity contribution is 5.87. The average Bonchev–Trinajstić information content (AvgIpc) is 0.815. The van der Waals surface area contributed by atoms with E-state index in [4.69, 9.17) is 96.0 Å². The van der Waals surface area contributed by atoms with Crippen LogP contribution >= 0.6 is 0 Å². The van der Waals surface area contributed by atoms with Crippen molar-refractivity contribution in [3.05, 3.63) is 272 Å². The van der Waals surface area contributed by atoms with Crippen molar-refractivity contribution in [3.63, 3.8) is 0 Å². The quantitative estimate of drug-likeness (QED) is 0.0357. The summed E-state index contributed by atoms with van der Waals surface area (Å²) in [4.78, 5) is 45.4. The van der Waals surface area contributed by atoms with Crippen molar-refractivity contribution in [2.75, 3.05) is 66.1 Å². The first-order valence-corrected chi connectivity index (χ1v) is 52.2. The lowest BCUT2D eigenvalue weighted by Gasteiger charge is -2.27. The minimum atomic E-state index is -0.0903. The molecule has 0 saturated carbocycles. The molecule has 5 saturated heterocycles. The van der Waals surface area contributed by atoms with Crippen LogP contribution in [0.1, 0.15) is 191 Å². The number of hydrogen-bond donors (Lipinski definition) is 0. The maximum Gasteiger partial charge on any atom is 0.158 e. The first-order chi connectivity index (χ1) is 71.1. The molecule has 5 aliphatic heterocycles. The van der Waals surface area contributed by atoms with E-state index in [2.05, 4.69) is 115 Å². The normalized spacial score (nSPS) is 17.9. The second-order valence-corrected chi connectivity index (χ2v) is 37.6. The van der Waals surface area contributed by atoms with Crippen LogP contribution in [0.15, 0.2) is 244 Å². The summed E-state index contributed by atoms with van der Waals surface area (Å²) in [6.07, 6.45) is 33.3. The first-order valence-electron chi connectivity index (χ1n) is 52.2. The Bertz CT molecular complexity index is 6260. The maximum absolute atomic E-state index is 6.06. The molecule has 5 unspecified atom stereocenters. The molecule has 5 aliphatic rings. The molecular weight excluding hydrogens is 1820 g/mol. The van der Waals surface area contributed by atoms with Gasteiger partial charge in [-0.25, -0.2) is 24.9 Å². The third-order valence-electron chi connectivity index (χ3n) is 26.3. The van der Waals surface area contributed by atoms with E-state index >= 15 is 0 Å². The van der Waals surface area contributed by atoms with Gasteiger partial charge >= 0.3 is 0 Å². The summed E-state index contributed by atoms with van der Waals surface area (Å²) in [5.74, 6) is 4.15. The van der Waals surface area contributed by atoms with Crippen molar-refractivity contribution in [2.24, 2.45) is 0 Å². The summed E-state index contributed by atoms with van der Waals surface area (Å²) < 4.78 is 88.8. The highest BCUT2D eigenvalue weighted by Crippen LogP contribution is 2.35. The van der Waals surface area contributed by atoms with E-state index in [0.29, 0.717) is 33.0 Å². The molecule has 760 valence electrons. The predicted molar refractivity (Wildman–Crippen MR) is 570 cm³/mol. The lowest BCUT2D eigenvalue weighted by Crippen LogP contribution is -2.31. The van der Waals surface area contributed by atoms with E-state index in [1.807, 2.05) is 210 Å². The van der Waals surface area contributed by atoms with Gasteiger partial charge in [-0.3, -0.25) is 24.9 Å². The number of hydrogen-bond acceptors (Lipinski definition) is 25. The molecule has 0 amide bonds. The molecule has 20 rings (SSSR count). The van der Waals surface area contributed by atoms with Gasteiger partial charge in [-0.05, 0) is 344 Å².